The molecule has 24 heavy (non-hydrogen) atoms. The Hall–Kier alpha value is -2.91. The van der Waals surface area contributed by atoms with Crippen molar-refractivity contribution in [1.29, 1.82) is 0 Å². The van der Waals surface area contributed by atoms with Crippen LogP contribution >= 0.6 is 11.6 Å². The maximum atomic E-state index is 12.5. The smallest absolute Gasteiger partial charge is 0.255 e. The van der Waals surface area contributed by atoms with E-state index in [1.54, 1.807) is 36.5 Å². The fraction of sp³-hybridized carbons (Fsp3) is 0. The first kappa shape index (κ1) is 14.7. The second kappa shape index (κ2) is 5.95. The number of anilines is 1. The number of fused-ring (bicyclic) bond motifs is 3. The van der Waals surface area contributed by atoms with Gasteiger partial charge >= 0.3 is 0 Å². The maximum Gasteiger partial charge on any atom is 0.255 e. The summed E-state index contributed by atoms with van der Waals surface area (Å²) in [6.07, 6.45) is 1.71. The average molecular weight is 333 g/mol. The molecule has 3 nitrogen and oxygen atoms in total. The third-order valence-corrected chi connectivity index (χ3v) is 4.21. The van der Waals surface area contributed by atoms with Crippen molar-refractivity contribution in [2.24, 2.45) is 0 Å². The van der Waals surface area contributed by atoms with Crippen LogP contribution in [0.15, 0.2) is 72.9 Å². The second-order valence-electron chi connectivity index (χ2n) is 5.51. The van der Waals surface area contributed by atoms with Crippen molar-refractivity contribution in [2.75, 3.05) is 5.32 Å². The summed E-state index contributed by atoms with van der Waals surface area (Å²) in [5.74, 6) is -0.196. The number of nitrogens with zero attached hydrogens (tertiary/aromatic N) is 1. The topological polar surface area (TPSA) is 42.0 Å². The number of amides is 1. The van der Waals surface area contributed by atoms with E-state index in [-0.39, 0.29) is 5.91 Å². The van der Waals surface area contributed by atoms with Crippen LogP contribution < -0.4 is 5.32 Å². The van der Waals surface area contributed by atoms with Crippen LogP contribution in [0.25, 0.3) is 21.7 Å². The number of carbonyl (C=O) groups is 1. The standard InChI is InChI=1S/C20H13ClN2O/c21-15-6-3-5-14(12-15)20(24)23-18-10-11-22-19-16-7-2-1-4-13(16)8-9-17(18)19/h1-12H,(H,22,23,24). The van der Waals surface area contributed by atoms with Crippen LogP contribution in [0.1, 0.15) is 10.4 Å². The zero-order valence-corrected chi connectivity index (χ0v) is 13.4. The first-order valence-electron chi connectivity index (χ1n) is 7.56. The summed E-state index contributed by atoms with van der Waals surface area (Å²) in [7, 11) is 0. The molecule has 1 heterocycles. The minimum atomic E-state index is -0.196. The highest BCUT2D eigenvalue weighted by Crippen LogP contribution is 2.28. The summed E-state index contributed by atoms with van der Waals surface area (Å²) in [4.78, 5) is 17.0. The summed E-state index contributed by atoms with van der Waals surface area (Å²) in [5, 5.41) is 6.58. The quantitative estimate of drug-likeness (QED) is 0.506. The average Bonchev–Trinajstić information content (AvgIpc) is 2.62. The number of halogens is 1. The third kappa shape index (κ3) is 2.59. The highest BCUT2D eigenvalue weighted by molar-refractivity contribution is 6.31. The van der Waals surface area contributed by atoms with Gasteiger partial charge in [-0.05, 0) is 29.7 Å². The Morgan fingerprint density at radius 3 is 2.67 bits per heavy atom. The van der Waals surface area contributed by atoms with E-state index in [9.17, 15) is 4.79 Å². The lowest BCUT2D eigenvalue weighted by molar-refractivity contribution is 0.102. The molecule has 0 fully saturated rings. The van der Waals surface area contributed by atoms with Gasteiger partial charge in [-0.25, -0.2) is 0 Å². The number of hydrogen-bond donors (Lipinski definition) is 1. The van der Waals surface area contributed by atoms with Gasteiger partial charge in [-0.2, -0.15) is 0 Å². The Morgan fingerprint density at radius 2 is 1.79 bits per heavy atom. The summed E-state index contributed by atoms with van der Waals surface area (Å²) in [6.45, 7) is 0. The normalized spacial score (nSPS) is 10.9. The molecule has 0 radical (unpaired) electrons. The van der Waals surface area contributed by atoms with Gasteiger partial charge in [-0.3, -0.25) is 9.78 Å². The van der Waals surface area contributed by atoms with Crippen molar-refractivity contribution in [3.63, 3.8) is 0 Å². The fourth-order valence-corrected chi connectivity index (χ4v) is 3.01. The molecular formula is C20H13ClN2O. The van der Waals surface area contributed by atoms with Crippen LogP contribution in [0.4, 0.5) is 5.69 Å². The monoisotopic (exact) mass is 332 g/mol. The number of nitrogens with one attached hydrogen (secondary N) is 1. The van der Waals surface area contributed by atoms with Crippen LogP contribution in [-0.4, -0.2) is 10.9 Å². The van der Waals surface area contributed by atoms with Gasteiger partial charge in [0.25, 0.3) is 5.91 Å². The van der Waals surface area contributed by atoms with E-state index in [0.717, 1.165) is 27.4 Å². The lowest BCUT2D eigenvalue weighted by atomic mass is 10.1. The Morgan fingerprint density at radius 1 is 0.917 bits per heavy atom. The van der Waals surface area contributed by atoms with Crippen molar-refractivity contribution in [3.05, 3.63) is 83.5 Å². The molecule has 0 aliphatic heterocycles. The number of hydrogen-bond acceptors (Lipinski definition) is 2. The van der Waals surface area contributed by atoms with E-state index in [4.69, 9.17) is 11.6 Å². The van der Waals surface area contributed by atoms with Crippen LogP contribution in [-0.2, 0) is 0 Å². The van der Waals surface area contributed by atoms with Crippen molar-refractivity contribution in [3.8, 4) is 0 Å². The molecule has 0 spiro atoms. The molecule has 0 bridgehead atoms. The first-order valence-corrected chi connectivity index (χ1v) is 7.93. The molecule has 0 unspecified atom stereocenters. The minimum absolute atomic E-state index is 0.196. The predicted octanol–water partition coefficient (Wildman–Crippen LogP) is 5.29. The van der Waals surface area contributed by atoms with E-state index in [1.165, 1.54) is 0 Å². The van der Waals surface area contributed by atoms with Crippen molar-refractivity contribution in [1.82, 2.24) is 4.98 Å². The fourth-order valence-electron chi connectivity index (χ4n) is 2.82. The molecule has 1 aromatic heterocycles. The number of carbonyl (C=O) groups excluding carboxylic acids is 1. The minimum Gasteiger partial charge on any atom is -0.321 e. The Kier molecular flexibility index (Phi) is 3.63. The predicted molar refractivity (Wildman–Crippen MR) is 98.7 cm³/mol. The molecule has 0 atom stereocenters. The van der Waals surface area contributed by atoms with Crippen LogP contribution in [0.5, 0.6) is 0 Å². The maximum absolute atomic E-state index is 12.5. The van der Waals surface area contributed by atoms with Gasteiger partial charge in [0.05, 0.1) is 11.2 Å². The molecule has 0 aliphatic carbocycles. The number of pyridine rings is 1. The lowest BCUT2D eigenvalue weighted by Crippen LogP contribution is -2.12. The zero-order valence-electron chi connectivity index (χ0n) is 12.7. The van der Waals surface area contributed by atoms with Crippen molar-refractivity contribution in [2.45, 2.75) is 0 Å². The summed E-state index contributed by atoms with van der Waals surface area (Å²) in [5.41, 5.74) is 2.13. The van der Waals surface area contributed by atoms with Gasteiger partial charge in [0.2, 0.25) is 0 Å². The van der Waals surface area contributed by atoms with Crippen molar-refractivity contribution >= 4 is 44.9 Å². The Balaban J connectivity index is 1.80. The van der Waals surface area contributed by atoms with Crippen LogP contribution in [0, 0.1) is 0 Å². The van der Waals surface area contributed by atoms with E-state index >= 15 is 0 Å². The van der Waals surface area contributed by atoms with E-state index in [1.807, 2.05) is 36.4 Å². The molecule has 4 heteroatoms. The molecular weight excluding hydrogens is 320 g/mol. The summed E-state index contributed by atoms with van der Waals surface area (Å²) < 4.78 is 0. The van der Waals surface area contributed by atoms with Gasteiger partial charge in [0.1, 0.15) is 0 Å². The number of aromatic nitrogens is 1. The van der Waals surface area contributed by atoms with Gasteiger partial charge in [0.15, 0.2) is 0 Å². The molecule has 1 amide bonds. The van der Waals surface area contributed by atoms with Gasteiger partial charge < -0.3 is 5.32 Å². The zero-order chi connectivity index (χ0) is 16.5. The molecule has 0 saturated heterocycles. The van der Waals surface area contributed by atoms with Gasteiger partial charge in [-0.15, -0.1) is 0 Å². The largest absolute Gasteiger partial charge is 0.321 e. The molecule has 1 N–H and O–H groups in total. The highest BCUT2D eigenvalue weighted by Gasteiger charge is 2.10. The molecule has 0 saturated carbocycles. The second-order valence-corrected chi connectivity index (χ2v) is 5.94. The number of benzene rings is 3. The first-order chi connectivity index (χ1) is 11.7. The highest BCUT2D eigenvalue weighted by atomic mass is 35.5. The molecule has 0 aliphatic rings. The molecule has 4 rings (SSSR count). The molecule has 116 valence electrons. The SMILES string of the molecule is O=C(Nc1ccnc2c1ccc1ccccc12)c1cccc(Cl)c1. The summed E-state index contributed by atoms with van der Waals surface area (Å²) in [6, 6.07) is 20.8. The van der Waals surface area contributed by atoms with Gasteiger partial charge in [0, 0.05) is 27.6 Å². The van der Waals surface area contributed by atoms with E-state index < -0.39 is 0 Å². The Bertz CT molecular complexity index is 1080. The van der Waals surface area contributed by atoms with Crippen LogP contribution in [0.2, 0.25) is 5.02 Å². The van der Waals surface area contributed by atoms with Gasteiger partial charge in [-0.1, -0.05) is 54.1 Å². The van der Waals surface area contributed by atoms with Crippen molar-refractivity contribution < 1.29 is 4.79 Å². The summed E-state index contributed by atoms with van der Waals surface area (Å²) >= 11 is 5.96. The Labute approximate surface area is 143 Å². The third-order valence-electron chi connectivity index (χ3n) is 3.97. The van der Waals surface area contributed by atoms with Crippen LogP contribution in [0.3, 0.4) is 0 Å². The molecule has 4 aromatic rings. The molecule has 3 aromatic carbocycles. The van der Waals surface area contributed by atoms with E-state index in [2.05, 4.69) is 10.3 Å². The van der Waals surface area contributed by atoms with E-state index in [0.29, 0.717) is 10.6 Å². The lowest BCUT2D eigenvalue weighted by Gasteiger charge is -2.10. The number of rotatable bonds is 2.